The van der Waals surface area contributed by atoms with Gasteiger partial charge in [0.15, 0.2) is 0 Å². The molecule has 0 N–H and O–H groups in total. The number of hydrogen-bond acceptors (Lipinski definition) is 2. The van der Waals surface area contributed by atoms with Crippen LogP contribution in [-0.2, 0) is 10.9 Å². The van der Waals surface area contributed by atoms with Gasteiger partial charge < -0.3 is 9.64 Å². The third-order valence-corrected chi connectivity index (χ3v) is 4.28. The van der Waals surface area contributed by atoms with Gasteiger partial charge >= 0.3 is 6.18 Å². The smallest absolute Gasteiger partial charge is 0.383 e. The zero-order valence-corrected chi connectivity index (χ0v) is 12.7. The van der Waals surface area contributed by atoms with Gasteiger partial charge in [-0.15, -0.1) is 0 Å². The van der Waals surface area contributed by atoms with Gasteiger partial charge in [0.05, 0.1) is 17.2 Å². The highest BCUT2D eigenvalue weighted by Gasteiger charge is 2.38. The van der Waals surface area contributed by atoms with Crippen molar-refractivity contribution < 1.29 is 17.9 Å². The van der Waals surface area contributed by atoms with Gasteiger partial charge in [-0.3, -0.25) is 0 Å². The lowest BCUT2D eigenvalue weighted by Crippen LogP contribution is -2.35. The third kappa shape index (κ3) is 4.11. The predicted molar refractivity (Wildman–Crippen MR) is 76.7 cm³/mol. The van der Waals surface area contributed by atoms with Crippen LogP contribution in [-0.4, -0.2) is 38.3 Å². The van der Waals surface area contributed by atoms with Crippen molar-refractivity contribution in [1.29, 1.82) is 0 Å². The Morgan fingerprint density at radius 3 is 2.52 bits per heavy atom. The first-order chi connectivity index (χ1) is 9.93. The van der Waals surface area contributed by atoms with Crippen LogP contribution in [0.1, 0.15) is 29.9 Å². The number of likely N-dealkylation sites (tertiary alicyclic amines) is 1. The van der Waals surface area contributed by atoms with Crippen molar-refractivity contribution in [3.63, 3.8) is 0 Å². The highest BCUT2D eigenvalue weighted by Crippen LogP contribution is 2.42. The molecule has 1 aromatic rings. The molecule has 0 unspecified atom stereocenters. The molecule has 21 heavy (non-hydrogen) atoms. The Morgan fingerprint density at radius 2 is 1.95 bits per heavy atom. The minimum absolute atomic E-state index is 0.0841. The molecule has 0 radical (unpaired) electrons. The fraction of sp³-hybridized carbons (Fsp3) is 0.600. The lowest BCUT2D eigenvalue weighted by atomic mass is 9.86. The molecule has 0 amide bonds. The number of nitrogens with zero attached hydrogens (tertiary/aromatic N) is 1. The van der Waals surface area contributed by atoms with Gasteiger partial charge in [-0.1, -0.05) is 23.7 Å². The quantitative estimate of drug-likeness (QED) is 0.824. The van der Waals surface area contributed by atoms with Crippen LogP contribution in [0.25, 0.3) is 0 Å². The molecule has 2 rings (SSSR count). The number of ether oxygens (including phenoxy) is 1. The topological polar surface area (TPSA) is 12.5 Å². The van der Waals surface area contributed by atoms with Gasteiger partial charge in [-0.25, -0.2) is 0 Å². The second kappa shape index (κ2) is 6.99. The lowest BCUT2D eigenvalue weighted by molar-refractivity contribution is -0.138. The van der Waals surface area contributed by atoms with Crippen molar-refractivity contribution in [2.75, 3.05) is 33.4 Å². The van der Waals surface area contributed by atoms with Crippen LogP contribution in [0.5, 0.6) is 0 Å². The molecule has 0 bridgehead atoms. The normalized spacial score (nSPS) is 18.1. The van der Waals surface area contributed by atoms with E-state index >= 15 is 0 Å². The molecule has 1 fully saturated rings. The van der Waals surface area contributed by atoms with Gasteiger partial charge in [0.2, 0.25) is 0 Å². The highest BCUT2D eigenvalue weighted by atomic mass is 35.5. The Morgan fingerprint density at radius 1 is 1.29 bits per heavy atom. The Labute approximate surface area is 127 Å². The average molecular weight is 322 g/mol. The van der Waals surface area contributed by atoms with Crippen molar-refractivity contribution in [3.05, 3.63) is 34.3 Å². The summed E-state index contributed by atoms with van der Waals surface area (Å²) in [6, 6.07) is 4.47. The number of benzene rings is 1. The zero-order chi connectivity index (χ0) is 15.5. The summed E-state index contributed by atoms with van der Waals surface area (Å²) in [6.45, 7) is 3.05. The van der Waals surface area contributed by atoms with Crippen molar-refractivity contribution in [1.82, 2.24) is 4.90 Å². The number of halogens is 4. The average Bonchev–Trinajstić information content (AvgIpc) is 2.44. The van der Waals surface area contributed by atoms with Crippen LogP contribution in [0.15, 0.2) is 18.2 Å². The van der Waals surface area contributed by atoms with E-state index in [-0.39, 0.29) is 10.9 Å². The summed E-state index contributed by atoms with van der Waals surface area (Å²) < 4.78 is 44.6. The van der Waals surface area contributed by atoms with Crippen molar-refractivity contribution in [2.45, 2.75) is 24.9 Å². The fourth-order valence-corrected chi connectivity index (χ4v) is 3.16. The monoisotopic (exact) mass is 321 g/mol. The van der Waals surface area contributed by atoms with Gasteiger partial charge in [-0.2, -0.15) is 13.2 Å². The van der Waals surface area contributed by atoms with Crippen LogP contribution >= 0.6 is 11.6 Å². The lowest BCUT2D eigenvalue weighted by Gasteiger charge is -2.33. The van der Waals surface area contributed by atoms with E-state index < -0.39 is 11.7 Å². The Bertz CT molecular complexity index is 470. The van der Waals surface area contributed by atoms with Gasteiger partial charge in [0.1, 0.15) is 0 Å². The first-order valence-electron chi connectivity index (χ1n) is 7.00. The van der Waals surface area contributed by atoms with Crippen molar-refractivity contribution in [2.24, 2.45) is 0 Å². The van der Waals surface area contributed by atoms with E-state index in [2.05, 4.69) is 4.90 Å². The summed E-state index contributed by atoms with van der Waals surface area (Å²) >= 11 is 5.78. The summed E-state index contributed by atoms with van der Waals surface area (Å²) in [7, 11) is 1.65. The predicted octanol–water partition coefficient (Wildman–Crippen LogP) is 4.18. The largest absolute Gasteiger partial charge is 0.418 e. The van der Waals surface area contributed by atoms with Gasteiger partial charge in [-0.05, 0) is 43.5 Å². The second-order valence-corrected chi connectivity index (χ2v) is 5.72. The van der Waals surface area contributed by atoms with E-state index in [0.717, 1.165) is 19.6 Å². The summed E-state index contributed by atoms with van der Waals surface area (Å²) in [5.74, 6) is -0.0841. The number of methoxy groups -OCH3 is 1. The zero-order valence-electron chi connectivity index (χ0n) is 11.9. The molecular weight excluding hydrogens is 303 g/mol. The van der Waals surface area contributed by atoms with E-state index in [1.54, 1.807) is 19.2 Å². The summed E-state index contributed by atoms with van der Waals surface area (Å²) in [5.41, 5.74) is -0.330. The molecule has 1 saturated heterocycles. The molecule has 1 aliphatic heterocycles. The number of piperidine rings is 1. The van der Waals surface area contributed by atoms with Gasteiger partial charge in [0, 0.05) is 13.7 Å². The summed E-state index contributed by atoms with van der Waals surface area (Å²) in [5, 5.41) is -0.207. The molecule has 1 aliphatic rings. The van der Waals surface area contributed by atoms with Crippen LogP contribution in [0.4, 0.5) is 13.2 Å². The van der Waals surface area contributed by atoms with Crippen LogP contribution < -0.4 is 0 Å². The molecule has 0 aliphatic carbocycles. The first-order valence-corrected chi connectivity index (χ1v) is 7.38. The maximum absolute atomic E-state index is 13.2. The molecule has 118 valence electrons. The molecule has 6 heteroatoms. The van der Waals surface area contributed by atoms with E-state index in [1.807, 2.05) is 0 Å². The first kappa shape index (κ1) is 16.6. The van der Waals surface area contributed by atoms with E-state index in [4.69, 9.17) is 16.3 Å². The molecule has 0 saturated carbocycles. The maximum atomic E-state index is 13.2. The Hall–Kier alpha value is -0.780. The second-order valence-electron chi connectivity index (χ2n) is 5.31. The van der Waals surface area contributed by atoms with Gasteiger partial charge in [0.25, 0.3) is 0 Å². The summed E-state index contributed by atoms with van der Waals surface area (Å²) in [4.78, 5) is 2.22. The minimum atomic E-state index is -4.40. The van der Waals surface area contributed by atoms with Crippen molar-refractivity contribution >= 4 is 11.6 Å². The molecular formula is C15H19ClF3NO. The van der Waals surface area contributed by atoms with E-state index in [9.17, 15) is 13.2 Å². The van der Waals surface area contributed by atoms with E-state index in [1.165, 1.54) is 6.07 Å². The SMILES string of the molecule is COCCN1CCC(c2cccc(Cl)c2C(F)(F)F)CC1. The number of rotatable bonds is 4. The molecule has 0 atom stereocenters. The Balaban J connectivity index is 2.12. The molecule has 0 aromatic heterocycles. The third-order valence-electron chi connectivity index (χ3n) is 3.97. The van der Waals surface area contributed by atoms with Crippen LogP contribution in [0, 0.1) is 0 Å². The molecule has 1 aromatic carbocycles. The van der Waals surface area contributed by atoms with Crippen molar-refractivity contribution in [3.8, 4) is 0 Å². The number of hydrogen-bond donors (Lipinski definition) is 0. The highest BCUT2D eigenvalue weighted by molar-refractivity contribution is 6.31. The molecule has 1 heterocycles. The van der Waals surface area contributed by atoms with Crippen LogP contribution in [0.3, 0.4) is 0 Å². The van der Waals surface area contributed by atoms with E-state index in [0.29, 0.717) is 25.0 Å². The minimum Gasteiger partial charge on any atom is -0.383 e. The maximum Gasteiger partial charge on any atom is 0.418 e. The summed E-state index contributed by atoms with van der Waals surface area (Å²) in [6.07, 6.45) is -2.97. The number of alkyl halides is 3. The Kier molecular flexibility index (Phi) is 5.52. The fourth-order valence-electron chi connectivity index (χ4n) is 2.87. The standard InChI is InChI=1S/C15H19ClF3NO/c1-21-10-9-20-7-5-11(6-8-20)12-3-2-4-13(16)14(12)15(17,18)19/h2-4,11H,5-10H2,1H3. The molecule has 0 spiro atoms. The molecule has 2 nitrogen and oxygen atoms in total. The van der Waals surface area contributed by atoms with Crippen LogP contribution in [0.2, 0.25) is 5.02 Å².